The van der Waals surface area contributed by atoms with Crippen LogP contribution < -0.4 is 0 Å². The smallest absolute Gasteiger partial charge is 0.0943 e. The molecule has 0 radical (unpaired) electrons. The fraction of sp³-hybridized carbons (Fsp3) is 0.714. The Kier molecular flexibility index (Phi) is 1.49. The number of rotatable bonds is 2. The van der Waals surface area contributed by atoms with E-state index in [4.69, 9.17) is 0 Å². The lowest BCUT2D eigenvalue weighted by molar-refractivity contribution is 0.345. The molecule has 2 heteroatoms. The second-order valence-electron chi connectivity index (χ2n) is 2.77. The van der Waals surface area contributed by atoms with Crippen molar-refractivity contribution in [3.05, 3.63) is 12.3 Å². The predicted octanol–water partition coefficient (Wildman–Crippen LogP) is 0.723. The molecule has 1 aliphatic rings. The molecule has 0 aromatic carbocycles. The molecule has 0 bridgehead atoms. The molecule has 2 unspecified atom stereocenters. The fourth-order valence-electron chi connectivity index (χ4n) is 0.883. The van der Waals surface area contributed by atoms with Gasteiger partial charge in [0, 0.05) is 19.3 Å². The van der Waals surface area contributed by atoms with E-state index in [2.05, 4.69) is 30.5 Å². The van der Waals surface area contributed by atoms with Crippen molar-refractivity contribution < 1.29 is 0 Å². The first-order valence-electron chi connectivity index (χ1n) is 3.21. The number of nitrogens with zero attached hydrogens (tertiary/aromatic N) is 2. The van der Waals surface area contributed by atoms with Crippen molar-refractivity contribution in [2.75, 3.05) is 20.6 Å². The largest absolute Gasteiger partial charge is 0.362 e. The van der Waals surface area contributed by atoms with E-state index in [1.807, 2.05) is 6.92 Å². The summed E-state index contributed by atoms with van der Waals surface area (Å²) in [7, 11) is 4.20. The van der Waals surface area contributed by atoms with E-state index in [0.29, 0.717) is 6.17 Å². The molecule has 2 nitrogen and oxygen atoms in total. The van der Waals surface area contributed by atoms with E-state index in [0.717, 1.165) is 5.70 Å². The maximum absolute atomic E-state index is 3.85. The van der Waals surface area contributed by atoms with Crippen molar-refractivity contribution in [2.45, 2.75) is 13.1 Å². The second kappa shape index (κ2) is 2.03. The molecule has 0 amide bonds. The topological polar surface area (TPSA) is 6.25 Å². The quantitative estimate of drug-likeness (QED) is 0.503. The lowest BCUT2D eigenvalue weighted by Gasteiger charge is -2.17. The van der Waals surface area contributed by atoms with Gasteiger partial charge in [0.2, 0.25) is 0 Å². The Hall–Kier alpha value is -0.500. The molecule has 52 valence electrons. The van der Waals surface area contributed by atoms with Crippen molar-refractivity contribution in [1.82, 2.24) is 9.80 Å². The first kappa shape index (κ1) is 6.62. The van der Waals surface area contributed by atoms with Crippen LogP contribution in [0.1, 0.15) is 6.92 Å². The van der Waals surface area contributed by atoms with Gasteiger partial charge < -0.3 is 4.90 Å². The highest BCUT2D eigenvalue weighted by Crippen LogP contribution is 2.19. The van der Waals surface area contributed by atoms with Crippen molar-refractivity contribution in [3.8, 4) is 0 Å². The third kappa shape index (κ3) is 1.24. The summed E-state index contributed by atoms with van der Waals surface area (Å²) in [6.45, 7) is 7.07. The highest BCUT2D eigenvalue weighted by molar-refractivity contribution is 4.96. The molecule has 0 aromatic heterocycles. The van der Waals surface area contributed by atoms with Crippen LogP contribution in [-0.4, -0.2) is 36.6 Å². The maximum atomic E-state index is 3.85. The van der Waals surface area contributed by atoms with E-state index in [-0.39, 0.29) is 0 Å². The molecular weight excluding hydrogens is 112 g/mol. The van der Waals surface area contributed by atoms with Crippen LogP contribution in [0.4, 0.5) is 0 Å². The lowest BCUT2D eigenvalue weighted by Crippen LogP contribution is -2.21. The Balaban J connectivity index is 2.36. The molecule has 1 saturated heterocycles. The maximum Gasteiger partial charge on any atom is 0.0943 e. The molecule has 0 aromatic rings. The van der Waals surface area contributed by atoms with E-state index < -0.39 is 0 Å². The van der Waals surface area contributed by atoms with Gasteiger partial charge in [-0.05, 0) is 14.0 Å². The summed E-state index contributed by atoms with van der Waals surface area (Å²) in [5, 5.41) is 0. The van der Waals surface area contributed by atoms with Gasteiger partial charge in [0.1, 0.15) is 0 Å². The summed E-state index contributed by atoms with van der Waals surface area (Å²) in [4.78, 5) is 4.47. The van der Waals surface area contributed by atoms with E-state index >= 15 is 0 Å². The van der Waals surface area contributed by atoms with Crippen molar-refractivity contribution in [2.24, 2.45) is 0 Å². The third-order valence-corrected chi connectivity index (χ3v) is 1.88. The van der Waals surface area contributed by atoms with Crippen LogP contribution >= 0.6 is 0 Å². The van der Waals surface area contributed by atoms with Gasteiger partial charge in [-0.25, -0.2) is 0 Å². The molecular formula is C7H14N2. The first-order chi connectivity index (χ1) is 4.13. The Morgan fingerprint density at radius 1 is 1.78 bits per heavy atom. The SMILES string of the molecule is C=C(C)N(C)C1CN1C. The van der Waals surface area contributed by atoms with Crippen LogP contribution in [-0.2, 0) is 0 Å². The van der Waals surface area contributed by atoms with E-state index in [9.17, 15) is 0 Å². The van der Waals surface area contributed by atoms with Gasteiger partial charge in [0.15, 0.2) is 0 Å². The molecule has 2 atom stereocenters. The molecule has 1 fully saturated rings. The van der Waals surface area contributed by atoms with Gasteiger partial charge in [-0.15, -0.1) is 0 Å². The van der Waals surface area contributed by atoms with Crippen LogP contribution in [0, 0.1) is 0 Å². The molecule has 1 aliphatic heterocycles. The Labute approximate surface area is 56.8 Å². The molecule has 0 aliphatic carbocycles. The Morgan fingerprint density at radius 2 is 2.22 bits per heavy atom. The number of hydrogen-bond acceptors (Lipinski definition) is 2. The van der Waals surface area contributed by atoms with Gasteiger partial charge in [-0.3, -0.25) is 4.90 Å². The molecule has 0 spiro atoms. The number of hydrogen-bond donors (Lipinski definition) is 0. The fourth-order valence-corrected chi connectivity index (χ4v) is 0.883. The lowest BCUT2D eigenvalue weighted by atomic mass is 10.5. The van der Waals surface area contributed by atoms with Crippen molar-refractivity contribution in [1.29, 1.82) is 0 Å². The zero-order valence-electron chi connectivity index (χ0n) is 6.39. The van der Waals surface area contributed by atoms with Crippen LogP contribution in [0.5, 0.6) is 0 Å². The summed E-state index contributed by atoms with van der Waals surface area (Å²) in [6, 6.07) is 0. The molecule has 9 heavy (non-hydrogen) atoms. The van der Waals surface area contributed by atoms with E-state index in [1.165, 1.54) is 6.54 Å². The molecule has 1 rings (SSSR count). The zero-order valence-corrected chi connectivity index (χ0v) is 6.39. The Morgan fingerprint density at radius 3 is 2.33 bits per heavy atom. The number of allylic oxidation sites excluding steroid dienone is 1. The van der Waals surface area contributed by atoms with Crippen LogP contribution in [0.25, 0.3) is 0 Å². The minimum Gasteiger partial charge on any atom is -0.362 e. The Bertz CT molecular complexity index is 131. The highest BCUT2D eigenvalue weighted by atomic mass is 15.5. The molecule has 1 heterocycles. The highest BCUT2D eigenvalue weighted by Gasteiger charge is 2.33. The minimum atomic E-state index is 0.627. The van der Waals surface area contributed by atoms with Gasteiger partial charge >= 0.3 is 0 Å². The molecule has 0 N–H and O–H groups in total. The third-order valence-electron chi connectivity index (χ3n) is 1.88. The van der Waals surface area contributed by atoms with Crippen LogP contribution in [0.15, 0.2) is 12.3 Å². The van der Waals surface area contributed by atoms with Crippen molar-refractivity contribution >= 4 is 0 Å². The summed E-state index contributed by atoms with van der Waals surface area (Å²) in [6.07, 6.45) is 0.627. The standard InChI is InChI=1S/C7H14N2/c1-6(2)9(4)7-5-8(7)3/h7H,1,5H2,2-4H3. The average molecular weight is 126 g/mol. The monoisotopic (exact) mass is 126 g/mol. The average Bonchev–Trinajstić information content (AvgIpc) is 2.44. The van der Waals surface area contributed by atoms with Gasteiger partial charge in [0.05, 0.1) is 6.17 Å². The predicted molar refractivity (Wildman–Crippen MR) is 39.0 cm³/mol. The van der Waals surface area contributed by atoms with Gasteiger partial charge in [0.25, 0.3) is 0 Å². The normalized spacial score (nSPS) is 31.9. The number of likely N-dealkylation sites (N-methyl/N-ethyl adjacent to an activating group) is 2. The van der Waals surface area contributed by atoms with Gasteiger partial charge in [-0.2, -0.15) is 0 Å². The van der Waals surface area contributed by atoms with E-state index in [1.54, 1.807) is 0 Å². The summed E-state index contributed by atoms with van der Waals surface area (Å²) >= 11 is 0. The van der Waals surface area contributed by atoms with Gasteiger partial charge in [-0.1, -0.05) is 6.58 Å². The van der Waals surface area contributed by atoms with Crippen LogP contribution in [0.2, 0.25) is 0 Å². The minimum absolute atomic E-state index is 0.627. The summed E-state index contributed by atoms with van der Waals surface area (Å²) in [5.41, 5.74) is 1.14. The van der Waals surface area contributed by atoms with Crippen LogP contribution in [0.3, 0.4) is 0 Å². The summed E-state index contributed by atoms with van der Waals surface area (Å²) in [5.74, 6) is 0. The molecule has 0 saturated carbocycles. The second-order valence-corrected chi connectivity index (χ2v) is 2.77. The summed E-state index contributed by atoms with van der Waals surface area (Å²) < 4.78 is 0. The van der Waals surface area contributed by atoms with Crippen molar-refractivity contribution in [3.63, 3.8) is 0 Å². The first-order valence-corrected chi connectivity index (χ1v) is 3.21. The zero-order chi connectivity index (χ0) is 7.02.